The van der Waals surface area contributed by atoms with Gasteiger partial charge >= 0.3 is 0 Å². The summed E-state index contributed by atoms with van der Waals surface area (Å²) in [6.07, 6.45) is 0. The molecule has 0 unspecified atom stereocenters. The van der Waals surface area contributed by atoms with Crippen molar-refractivity contribution in [1.82, 2.24) is 9.97 Å². The number of rotatable bonds is 5. The fraction of sp³-hybridized carbons (Fsp3) is 0.333. The number of aromatic nitrogens is 2. The van der Waals surface area contributed by atoms with Crippen molar-refractivity contribution in [3.05, 3.63) is 71.9 Å². The fourth-order valence-electron chi connectivity index (χ4n) is 3.66. The second-order valence-electron chi connectivity index (χ2n) is 7.91. The first-order chi connectivity index (χ1) is 14.1. The smallest absolute Gasteiger partial charge is 0.227 e. The van der Waals surface area contributed by atoms with Gasteiger partial charge in [-0.25, -0.2) is 4.98 Å². The normalized spacial score (nSPS) is 14.3. The minimum atomic E-state index is 0.534. The quantitative estimate of drug-likeness (QED) is 0.669. The molecule has 0 bridgehead atoms. The third-order valence-corrected chi connectivity index (χ3v) is 5.38. The van der Waals surface area contributed by atoms with Crippen LogP contribution in [0.15, 0.2) is 60.7 Å². The first-order valence-electron chi connectivity index (χ1n) is 10.4. The number of anilines is 4. The van der Waals surface area contributed by atoms with Gasteiger partial charge in [0.25, 0.3) is 0 Å². The molecule has 0 radical (unpaired) electrons. The van der Waals surface area contributed by atoms with Gasteiger partial charge in [0.15, 0.2) is 0 Å². The molecule has 3 aromatic rings. The fourth-order valence-corrected chi connectivity index (χ4v) is 3.66. The van der Waals surface area contributed by atoms with Crippen molar-refractivity contribution < 1.29 is 0 Å². The van der Waals surface area contributed by atoms with Crippen LogP contribution in [-0.2, 0) is 0 Å². The molecule has 0 amide bonds. The molecule has 150 valence electrons. The zero-order chi connectivity index (χ0) is 20.2. The van der Waals surface area contributed by atoms with E-state index in [0.29, 0.717) is 5.92 Å². The standard InChI is InChI=1S/C24H29N5/c1-18(2)20-9-11-21(12-10-20)26-23-17-19(3)25-24(27-23)29-15-13-28(14-16-29)22-7-5-4-6-8-22/h4-12,17-18H,13-16H2,1-3H3,(H,25,26,27). The van der Waals surface area contributed by atoms with Crippen molar-refractivity contribution >= 4 is 23.1 Å². The average Bonchev–Trinajstić information content (AvgIpc) is 2.74. The van der Waals surface area contributed by atoms with Gasteiger partial charge in [-0.3, -0.25) is 0 Å². The van der Waals surface area contributed by atoms with Gasteiger partial charge in [-0.15, -0.1) is 0 Å². The van der Waals surface area contributed by atoms with Crippen molar-refractivity contribution in [2.75, 3.05) is 41.3 Å². The van der Waals surface area contributed by atoms with Crippen molar-refractivity contribution in [3.8, 4) is 0 Å². The lowest BCUT2D eigenvalue weighted by molar-refractivity contribution is 0.639. The van der Waals surface area contributed by atoms with Gasteiger partial charge in [-0.2, -0.15) is 4.98 Å². The summed E-state index contributed by atoms with van der Waals surface area (Å²) in [5.74, 6) is 2.18. The molecule has 1 aliphatic heterocycles. The minimum absolute atomic E-state index is 0.534. The molecule has 1 saturated heterocycles. The SMILES string of the molecule is Cc1cc(Nc2ccc(C(C)C)cc2)nc(N2CCN(c3ccccc3)CC2)n1. The lowest BCUT2D eigenvalue weighted by Gasteiger charge is -2.36. The van der Waals surface area contributed by atoms with Crippen LogP contribution in [0.1, 0.15) is 31.0 Å². The van der Waals surface area contributed by atoms with Crippen molar-refractivity contribution in [2.45, 2.75) is 26.7 Å². The molecule has 1 N–H and O–H groups in total. The Labute approximate surface area is 173 Å². The highest BCUT2D eigenvalue weighted by Gasteiger charge is 2.20. The van der Waals surface area contributed by atoms with Gasteiger partial charge < -0.3 is 15.1 Å². The Balaban J connectivity index is 1.44. The van der Waals surface area contributed by atoms with Gasteiger partial charge in [-0.1, -0.05) is 44.2 Å². The molecular formula is C24H29N5. The number of hydrogen-bond donors (Lipinski definition) is 1. The van der Waals surface area contributed by atoms with Gasteiger partial charge in [0.2, 0.25) is 5.95 Å². The molecule has 0 atom stereocenters. The van der Waals surface area contributed by atoms with E-state index in [1.165, 1.54) is 11.3 Å². The molecule has 1 aromatic heterocycles. The number of benzene rings is 2. The van der Waals surface area contributed by atoms with E-state index in [9.17, 15) is 0 Å². The van der Waals surface area contributed by atoms with Crippen molar-refractivity contribution in [3.63, 3.8) is 0 Å². The number of para-hydroxylation sites is 1. The molecule has 4 rings (SSSR count). The molecule has 5 nitrogen and oxygen atoms in total. The highest BCUT2D eigenvalue weighted by molar-refractivity contribution is 5.58. The summed E-state index contributed by atoms with van der Waals surface area (Å²) < 4.78 is 0. The van der Waals surface area contributed by atoms with Gasteiger partial charge in [0, 0.05) is 49.3 Å². The lowest BCUT2D eigenvalue weighted by Crippen LogP contribution is -2.47. The van der Waals surface area contributed by atoms with Crippen LogP contribution in [0.25, 0.3) is 0 Å². The number of piperazine rings is 1. The maximum absolute atomic E-state index is 4.79. The van der Waals surface area contributed by atoms with E-state index in [0.717, 1.165) is 49.3 Å². The average molecular weight is 388 g/mol. The number of hydrogen-bond acceptors (Lipinski definition) is 5. The molecule has 2 heterocycles. The second kappa shape index (κ2) is 8.52. The first kappa shape index (κ1) is 19.2. The van der Waals surface area contributed by atoms with Crippen LogP contribution in [0.4, 0.5) is 23.1 Å². The monoisotopic (exact) mass is 387 g/mol. The second-order valence-corrected chi connectivity index (χ2v) is 7.91. The van der Waals surface area contributed by atoms with Crippen LogP contribution >= 0.6 is 0 Å². The highest BCUT2D eigenvalue weighted by Crippen LogP contribution is 2.23. The number of nitrogens with zero attached hydrogens (tertiary/aromatic N) is 4. The molecule has 1 fully saturated rings. The molecule has 5 heteroatoms. The van der Waals surface area contributed by atoms with Crippen LogP contribution in [0.5, 0.6) is 0 Å². The Hall–Kier alpha value is -3.08. The molecule has 0 saturated carbocycles. The van der Waals surface area contributed by atoms with Crippen LogP contribution in [0.3, 0.4) is 0 Å². The van der Waals surface area contributed by atoms with E-state index in [4.69, 9.17) is 9.97 Å². The summed E-state index contributed by atoms with van der Waals surface area (Å²) in [6, 6.07) is 21.2. The molecule has 1 aliphatic rings. The zero-order valence-corrected chi connectivity index (χ0v) is 17.5. The lowest BCUT2D eigenvalue weighted by atomic mass is 10.0. The zero-order valence-electron chi connectivity index (χ0n) is 17.5. The molecular weight excluding hydrogens is 358 g/mol. The van der Waals surface area contributed by atoms with E-state index in [2.05, 4.69) is 83.6 Å². The summed E-state index contributed by atoms with van der Waals surface area (Å²) in [7, 11) is 0. The van der Waals surface area contributed by atoms with Crippen LogP contribution < -0.4 is 15.1 Å². The van der Waals surface area contributed by atoms with E-state index in [1.807, 2.05) is 13.0 Å². The summed E-state index contributed by atoms with van der Waals surface area (Å²) >= 11 is 0. The van der Waals surface area contributed by atoms with Crippen molar-refractivity contribution in [1.29, 1.82) is 0 Å². The van der Waals surface area contributed by atoms with Crippen molar-refractivity contribution in [2.24, 2.45) is 0 Å². The highest BCUT2D eigenvalue weighted by atomic mass is 15.3. The largest absolute Gasteiger partial charge is 0.368 e. The van der Waals surface area contributed by atoms with Gasteiger partial charge in [0.05, 0.1) is 0 Å². The first-order valence-corrected chi connectivity index (χ1v) is 10.4. The number of aryl methyl sites for hydroxylation is 1. The van der Waals surface area contributed by atoms with E-state index < -0.39 is 0 Å². The van der Waals surface area contributed by atoms with Gasteiger partial charge in [-0.05, 0) is 42.7 Å². The Morgan fingerprint density at radius 3 is 2.14 bits per heavy atom. The van der Waals surface area contributed by atoms with Crippen LogP contribution in [0.2, 0.25) is 0 Å². The summed E-state index contributed by atoms with van der Waals surface area (Å²) in [4.78, 5) is 14.2. The maximum atomic E-state index is 4.79. The molecule has 2 aromatic carbocycles. The van der Waals surface area contributed by atoms with Crippen LogP contribution in [-0.4, -0.2) is 36.1 Å². The van der Waals surface area contributed by atoms with E-state index in [-0.39, 0.29) is 0 Å². The minimum Gasteiger partial charge on any atom is -0.368 e. The van der Waals surface area contributed by atoms with E-state index >= 15 is 0 Å². The summed E-state index contributed by atoms with van der Waals surface area (Å²) in [6.45, 7) is 10.2. The van der Waals surface area contributed by atoms with Crippen LogP contribution in [0, 0.1) is 6.92 Å². The Morgan fingerprint density at radius 1 is 0.828 bits per heavy atom. The topological polar surface area (TPSA) is 44.3 Å². The Kier molecular flexibility index (Phi) is 5.65. The Bertz CT molecular complexity index is 929. The molecule has 0 aliphatic carbocycles. The maximum Gasteiger partial charge on any atom is 0.227 e. The third-order valence-electron chi connectivity index (χ3n) is 5.38. The Morgan fingerprint density at radius 2 is 1.48 bits per heavy atom. The predicted octanol–water partition coefficient (Wildman–Crippen LogP) is 4.98. The third kappa shape index (κ3) is 4.67. The summed E-state index contributed by atoms with van der Waals surface area (Å²) in [5.41, 5.74) is 4.64. The molecule has 0 spiro atoms. The summed E-state index contributed by atoms with van der Waals surface area (Å²) in [5, 5.41) is 3.44. The number of nitrogens with one attached hydrogen (secondary N) is 1. The molecule has 29 heavy (non-hydrogen) atoms. The van der Waals surface area contributed by atoms with E-state index in [1.54, 1.807) is 0 Å². The van der Waals surface area contributed by atoms with Gasteiger partial charge in [0.1, 0.15) is 5.82 Å². The predicted molar refractivity (Wildman–Crippen MR) is 121 cm³/mol.